The van der Waals surface area contributed by atoms with Gasteiger partial charge in [-0.1, -0.05) is 45.3 Å². The van der Waals surface area contributed by atoms with E-state index in [1.807, 2.05) is 48.5 Å². The Hall–Kier alpha value is -3.86. The fraction of sp³-hybridized carbons (Fsp3) is 0.571. The minimum Gasteiger partial charge on any atom is -0.494 e. The van der Waals surface area contributed by atoms with Crippen molar-refractivity contribution in [3.8, 4) is 28.1 Å². The first-order chi connectivity index (χ1) is 26.4. The summed E-state index contributed by atoms with van der Waals surface area (Å²) < 4.78 is 40.2. The maximum Gasteiger partial charge on any atom is 0.410 e. The third kappa shape index (κ3) is 10.4. The van der Waals surface area contributed by atoms with Crippen LogP contribution in [0.25, 0.3) is 28.0 Å². The van der Waals surface area contributed by atoms with Gasteiger partial charge in [-0.05, 0) is 82.8 Å². The first-order valence-corrected chi connectivity index (χ1v) is 27.4. The number of ether oxygens (including phenoxy) is 4. The van der Waals surface area contributed by atoms with Gasteiger partial charge in [0.15, 0.2) is 17.2 Å². The zero-order chi connectivity index (χ0) is 40.4. The number of carbonyl (C=O) groups is 1. The average Bonchev–Trinajstić information content (AvgIpc) is 3.66. The molecule has 4 aromatic rings. The molecule has 14 heteroatoms. The van der Waals surface area contributed by atoms with E-state index in [1.165, 1.54) is 13.2 Å². The molecule has 0 saturated carbocycles. The summed E-state index contributed by atoms with van der Waals surface area (Å²) in [5.74, 6) is 0.726. The molecule has 0 spiro atoms. The third-order valence-corrected chi connectivity index (χ3v) is 14.0. The van der Waals surface area contributed by atoms with Crippen LogP contribution < -0.4 is 9.64 Å². The van der Waals surface area contributed by atoms with Crippen molar-refractivity contribution in [2.75, 3.05) is 38.7 Å². The monoisotopic (exact) mass is 804 g/mol. The summed E-state index contributed by atoms with van der Waals surface area (Å²) in [6.45, 7) is 21.9. The number of pyridine rings is 1. The van der Waals surface area contributed by atoms with Crippen LogP contribution in [0.2, 0.25) is 51.4 Å². The molecule has 5 heterocycles. The number of aromatic nitrogens is 4. The maximum atomic E-state index is 14.6. The van der Waals surface area contributed by atoms with Gasteiger partial charge in [-0.25, -0.2) is 14.2 Å². The van der Waals surface area contributed by atoms with E-state index >= 15 is 0 Å². The molecule has 3 aromatic heterocycles. The van der Waals surface area contributed by atoms with Crippen LogP contribution in [-0.4, -0.2) is 98.2 Å². The summed E-state index contributed by atoms with van der Waals surface area (Å²) in [6, 6.07) is 13.2. The van der Waals surface area contributed by atoms with Crippen LogP contribution in [0, 0.1) is 5.82 Å². The SMILES string of the molecule is COc1ccc(-c2ccc(-c3cnn4c(N(COCC[Si](C)(C)C)COCC[Si](C)(C)C)cc(C5CC6CC[C@H](C5)N6C(=O)OC(C)(C)C)nc34)cn2)cc1F. The van der Waals surface area contributed by atoms with E-state index < -0.39 is 27.6 Å². The molecule has 2 unspecified atom stereocenters. The Labute approximate surface area is 333 Å². The van der Waals surface area contributed by atoms with Gasteiger partial charge in [0.1, 0.15) is 24.9 Å². The molecule has 2 aliphatic heterocycles. The van der Waals surface area contributed by atoms with Gasteiger partial charge in [0.2, 0.25) is 0 Å². The minimum atomic E-state index is -1.30. The van der Waals surface area contributed by atoms with Crippen LogP contribution in [0.1, 0.15) is 58.1 Å². The highest BCUT2D eigenvalue weighted by Crippen LogP contribution is 2.44. The number of piperidine rings is 1. The van der Waals surface area contributed by atoms with Crippen LogP contribution in [0.3, 0.4) is 0 Å². The van der Waals surface area contributed by atoms with Crippen molar-refractivity contribution in [1.82, 2.24) is 24.5 Å². The molecule has 0 radical (unpaired) electrons. The second-order valence-electron chi connectivity index (χ2n) is 18.8. The summed E-state index contributed by atoms with van der Waals surface area (Å²) in [5.41, 5.74) is 4.09. The predicted molar refractivity (Wildman–Crippen MR) is 225 cm³/mol. The Bertz CT molecular complexity index is 1940. The number of hydrogen-bond donors (Lipinski definition) is 0. The molecule has 2 bridgehead atoms. The predicted octanol–water partition coefficient (Wildman–Crippen LogP) is 9.68. The van der Waals surface area contributed by atoms with Crippen molar-refractivity contribution >= 4 is 33.7 Å². The van der Waals surface area contributed by atoms with Gasteiger partial charge in [0, 0.05) is 82.0 Å². The number of fused-ring (bicyclic) bond motifs is 3. The number of carbonyl (C=O) groups excluding carboxylic acids is 1. The fourth-order valence-corrected chi connectivity index (χ4v) is 8.97. The molecule has 0 N–H and O–H groups in total. The molecule has 2 saturated heterocycles. The van der Waals surface area contributed by atoms with Crippen molar-refractivity contribution in [3.63, 3.8) is 0 Å². The van der Waals surface area contributed by atoms with E-state index in [-0.39, 0.29) is 29.8 Å². The summed E-state index contributed by atoms with van der Waals surface area (Å²) in [4.78, 5) is 27.6. The van der Waals surface area contributed by atoms with E-state index in [4.69, 9.17) is 34.0 Å². The highest BCUT2D eigenvalue weighted by Gasteiger charge is 2.45. The average molecular weight is 805 g/mol. The van der Waals surface area contributed by atoms with Crippen molar-refractivity contribution in [2.24, 2.45) is 0 Å². The molecule has 2 fully saturated rings. The Balaban J connectivity index is 1.37. The zero-order valence-corrected chi connectivity index (χ0v) is 37.0. The van der Waals surface area contributed by atoms with Crippen LogP contribution in [-0.2, 0) is 14.2 Å². The van der Waals surface area contributed by atoms with E-state index in [2.05, 4.69) is 50.2 Å². The third-order valence-electron chi connectivity index (χ3n) is 10.6. The lowest BCUT2D eigenvalue weighted by atomic mass is 9.88. The molecule has 56 heavy (non-hydrogen) atoms. The normalized spacial score (nSPS) is 18.8. The number of rotatable bonds is 15. The number of anilines is 1. The summed E-state index contributed by atoms with van der Waals surface area (Å²) >= 11 is 0. The lowest BCUT2D eigenvalue weighted by molar-refractivity contribution is 0.00568. The quantitative estimate of drug-likeness (QED) is 0.0660. The van der Waals surface area contributed by atoms with Gasteiger partial charge in [-0.15, -0.1) is 0 Å². The number of hydrogen-bond acceptors (Lipinski definition) is 9. The van der Waals surface area contributed by atoms with Crippen molar-refractivity contribution in [3.05, 3.63) is 60.3 Å². The topological polar surface area (TPSA) is 104 Å². The largest absolute Gasteiger partial charge is 0.494 e. The molecule has 11 nitrogen and oxygen atoms in total. The first-order valence-electron chi connectivity index (χ1n) is 20.0. The van der Waals surface area contributed by atoms with E-state index in [0.29, 0.717) is 43.6 Å². The zero-order valence-electron chi connectivity index (χ0n) is 35.0. The number of methoxy groups -OCH3 is 1. The van der Waals surface area contributed by atoms with Crippen LogP contribution in [0.15, 0.2) is 48.8 Å². The fourth-order valence-electron chi connectivity index (χ4n) is 7.46. The number of benzene rings is 1. The van der Waals surface area contributed by atoms with E-state index in [1.54, 1.807) is 18.3 Å². The molecular weight excluding hydrogens is 744 g/mol. The number of nitrogens with zero attached hydrogens (tertiary/aromatic N) is 6. The van der Waals surface area contributed by atoms with Gasteiger partial charge in [0.25, 0.3) is 0 Å². The van der Waals surface area contributed by atoms with Crippen LogP contribution >= 0.6 is 0 Å². The first kappa shape index (κ1) is 41.8. The second-order valence-corrected chi connectivity index (χ2v) is 30.0. The van der Waals surface area contributed by atoms with Crippen LogP contribution in [0.5, 0.6) is 5.75 Å². The Morgan fingerprint density at radius 1 is 0.893 bits per heavy atom. The Morgan fingerprint density at radius 3 is 2.05 bits per heavy atom. The lowest BCUT2D eigenvalue weighted by Crippen LogP contribution is -2.48. The second kappa shape index (κ2) is 16.9. The molecule has 304 valence electrons. The molecule has 2 aliphatic rings. The van der Waals surface area contributed by atoms with Crippen LogP contribution in [0.4, 0.5) is 15.0 Å². The number of halogens is 1. The molecule has 6 rings (SSSR count). The van der Waals surface area contributed by atoms with Gasteiger partial charge in [0.05, 0.1) is 19.0 Å². The highest BCUT2D eigenvalue weighted by molar-refractivity contribution is 6.76. The summed E-state index contributed by atoms with van der Waals surface area (Å²) in [6.07, 6.45) is 6.91. The Kier molecular flexibility index (Phi) is 12.6. The molecule has 0 aliphatic carbocycles. The van der Waals surface area contributed by atoms with E-state index in [0.717, 1.165) is 60.4 Å². The standard InChI is InChI=1S/C42H61FN6O5Si2/c1-42(2,3)54-41(50)48-32-13-14-33(48)22-31(21-32)37-24-39(47(27-52-17-19-55(5,6)7)28-53-18-20-56(8,9)10)49-40(46-37)34(26-45-49)30-11-15-36(44-25-30)29-12-16-38(51-4)35(43)23-29/h11-12,15-16,23-26,31-33H,13-14,17-22,27-28H2,1-10H3/t31?,32-,33?/m1/s1. The van der Waals surface area contributed by atoms with Crippen molar-refractivity contribution < 1.29 is 28.1 Å². The molecule has 3 atom stereocenters. The van der Waals surface area contributed by atoms with Crippen molar-refractivity contribution in [1.29, 1.82) is 0 Å². The molecule has 1 aromatic carbocycles. The maximum absolute atomic E-state index is 14.6. The van der Waals surface area contributed by atoms with Gasteiger partial charge < -0.3 is 28.7 Å². The van der Waals surface area contributed by atoms with Crippen molar-refractivity contribution in [2.45, 2.75) is 121 Å². The van der Waals surface area contributed by atoms with E-state index in [9.17, 15) is 9.18 Å². The minimum absolute atomic E-state index is 0.0879. The highest BCUT2D eigenvalue weighted by atomic mass is 28.3. The van der Waals surface area contributed by atoms with Gasteiger partial charge >= 0.3 is 6.09 Å². The van der Waals surface area contributed by atoms with Gasteiger partial charge in [-0.2, -0.15) is 9.61 Å². The summed E-state index contributed by atoms with van der Waals surface area (Å²) in [5, 5.41) is 4.91. The Morgan fingerprint density at radius 2 is 1.52 bits per heavy atom. The molecule has 1 amide bonds. The molecular formula is C42H61FN6O5Si2. The number of amides is 1. The smallest absolute Gasteiger partial charge is 0.410 e. The van der Waals surface area contributed by atoms with Gasteiger partial charge in [-0.3, -0.25) is 4.98 Å². The summed E-state index contributed by atoms with van der Waals surface area (Å²) in [7, 11) is -1.15. The lowest BCUT2D eigenvalue weighted by Gasteiger charge is -2.39.